The van der Waals surface area contributed by atoms with Crippen LogP contribution in [0.3, 0.4) is 0 Å². The average molecular weight is 372 g/mol. The van der Waals surface area contributed by atoms with Gasteiger partial charge in [0.2, 0.25) is 11.8 Å². The van der Waals surface area contributed by atoms with Crippen LogP contribution in [0.5, 0.6) is 0 Å². The third-order valence-electron chi connectivity index (χ3n) is 4.62. The zero-order valence-corrected chi connectivity index (χ0v) is 16.3. The molecular formula is C19H24N4O2S. The highest BCUT2D eigenvalue weighted by molar-refractivity contribution is 7.99. The van der Waals surface area contributed by atoms with Crippen molar-refractivity contribution in [2.45, 2.75) is 25.9 Å². The number of piperazine rings is 1. The number of amides is 2. The van der Waals surface area contributed by atoms with Crippen LogP contribution in [-0.4, -0.2) is 63.1 Å². The number of carbonyl (C=O) groups excluding carboxylic acids is 2. The molecule has 26 heavy (non-hydrogen) atoms. The third-order valence-corrected chi connectivity index (χ3v) is 5.57. The van der Waals surface area contributed by atoms with Crippen LogP contribution in [0.15, 0.2) is 35.7 Å². The summed E-state index contributed by atoms with van der Waals surface area (Å²) in [5.74, 6) is 0.512. The van der Waals surface area contributed by atoms with Gasteiger partial charge < -0.3 is 9.80 Å². The van der Waals surface area contributed by atoms with E-state index in [-0.39, 0.29) is 11.8 Å². The molecule has 0 aliphatic carbocycles. The number of thioether (sulfide) groups is 1. The van der Waals surface area contributed by atoms with Crippen LogP contribution < -0.4 is 0 Å². The highest BCUT2D eigenvalue weighted by Crippen LogP contribution is 2.23. The van der Waals surface area contributed by atoms with Crippen LogP contribution in [-0.2, 0) is 9.59 Å². The summed E-state index contributed by atoms with van der Waals surface area (Å²) in [6.07, 6.45) is 3.69. The smallest absolute Gasteiger partial charge is 0.233 e. The fourth-order valence-corrected chi connectivity index (χ4v) is 4.01. The van der Waals surface area contributed by atoms with Gasteiger partial charge in [-0.15, -0.1) is 0 Å². The van der Waals surface area contributed by atoms with Crippen molar-refractivity contribution < 1.29 is 9.59 Å². The van der Waals surface area contributed by atoms with Crippen molar-refractivity contribution in [2.75, 3.05) is 31.9 Å². The van der Waals surface area contributed by atoms with E-state index in [1.165, 1.54) is 22.9 Å². The molecule has 2 heterocycles. The molecule has 1 aromatic carbocycles. The summed E-state index contributed by atoms with van der Waals surface area (Å²) in [6, 6.07) is 6.30. The van der Waals surface area contributed by atoms with Crippen molar-refractivity contribution >= 4 is 23.6 Å². The Kier molecular flexibility index (Phi) is 5.66. The Morgan fingerprint density at radius 1 is 1.12 bits per heavy atom. The van der Waals surface area contributed by atoms with E-state index in [4.69, 9.17) is 0 Å². The first-order valence-corrected chi connectivity index (χ1v) is 9.71. The lowest BCUT2D eigenvalue weighted by atomic mass is 10.1. The highest BCUT2D eigenvalue weighted by atomic mass is 32.2. The van der Waals surface area contributed by atoms with Crippen molar-refractivity contribution in [3.63, 3.8) is 0 Å². The minimum Gasteiger partial charge on any atom is -0.339 e. The Balaban J connectivity index is 1.62. The number of aryl methyl sites for hydroxylation is 2. The normalized spacial score (nSPS) is 14.6. The zero-order chi connectivity index (χ0) is 18.7. The quantitative estimate of drug-likeness (QED) is 0.773. The maximum Gasteiger partial charge on any atom is 0.233 e. The summed E-state index contributed by atoms with van der Waals surface area (Å²) in [4.78, 5) is 31.9. The Morgan fingerprint density at radius 2 is 1.81 bits per heavy atom. The van der Waals surface area contributed by atoms with Gasteiger partial charge in [-0.3, -0.25) is 14.2 Å². The molecule has 1 saturated heterocycles. The molecule has 0 saturated carbocycles. The molecule has 1 aliphatic heterocycles. The monoisotopic (exact) mass is 372 g/mol. The molecule has 0 bridgehead atoms. The topological polar surface area (TPSA) is 58.4 Å². The largest absolute Gasteiger partial charge is 0.339 e. The van der Waals surface area contributed by atoms with Crippen molar-refractivity contribution in [3.8, 4) is 5.69 Å². The van der Waals surface area contributed by atoms with E-state index in [2.05, 4.69) is 37.0 Å². The Morgan fingerprint density at radius 3 is 2.46 bits per heavy atom. The number of benzene rings is 1. The van der Waals surface area contributed by atoms with Crippen molar-refractivity contribution in [3.05, 3.63) is 41.7 Å². The van der Waals surface area contributed by atoms with Gasteiger partial charge in [0, 0.05) is 45.5 Å². The Labute approximate surface area is 158 Å². The predicted molar refractivity (Wildman–Crippen MR) is 103 cm³/mol. The number of carbonyl (C=O) groups is 2. The maximum atomic E-state index is 12.5. The molecule has 0 unspecified atom stereocenters. The molecule has 6 nitrogen and oxygen atoms in total. The van der Waals surface area contributed by atoms with E-state index in [0.29, 0.717) is 31.9 Å². The summed E-state index contributed by atoms with van der Waals surface area (Å²) in [5.41, 5.74) is 3.48. The fraction of sp³-hybridized carbons (Fsp3) is 0.421. The van der Waals surface area contributed by atoms with Crippen LogP contribution in [0.25, 0.3) is 5.69 Å². The number of nitrogens with zero attached hydrogens (tertiary/aromatic N) is 4. The molecular weight excluding hydrogens is 348 g/mol. The molecule has 3 rings (SSSR count). The molecule has 0 radical (unpaired) electrons. The molecule has 2 aromatic rings. The van der Waals surface area contributed by atoms with Crippen LogP contribution in [0.2, 0.25) is 0 Å². The van der Waals surface area contributed by atoms with Gasteiger partial charge in [0.25, 0.3) is 0 Å². The number of aromatic nitrogens is 2. The minimum atomic E-state index is 0.0713. The Hall–Kier alpha value is -2.28. The van der Waals surface area contributed by atoms with Gasteiger partial charge in [-0.1, -0.05) is 29.5 Å². The van der Waals surface area contributed by atoms with Crippen LogP contribution in [0.4, 0.5) is 0 Å². The van der Waals surface area contributed by atoms with Gasteiger partial charge in [-0.05, 0) is 25.5 Å². The summed E-state index contributed by atoms with van der Waals surface area (Å²) < 4.78 is 2.03. The maximum absolute atomic E-state index is 12.5. The molecule has 7 heteroatoms. The van der Waals surface area contributed by atoms with Gasteiger partial charge in [-0.2, -0.15) is 0 Å². The number of hydrogen-bond acceptors (Lipinski definition) is 4. The first-order valence-electron chi connectivity index (χ1n) is 8.73. The second-order valence-electron chi connectivity index (χ2n) is 6.55. The summed E-state index contributed by atoms with van der Waals surface area (Å²) in [5, 5.41) is 0.813. The zero-order valence-electron chi connectivity index (χ0n) is 15.4. The van der Waals surface area contributed by atoms with Gasteiger partial charge >= 0.3 is 0 Å². The van der Waals surface area contributed by atoms with Crippen molar-refractivity contribution in [1.29, 1.82) is 0 Å². The van der Waals surface area contributed by atoms with E-state index in [1.807, 2.05) is 15.7 Å². The first kappa shape index (κ1) is 18.5. The average Bonchev–Trinajstić information content (AvgIpc) is 3.08. The summed E-state index contributed by atoms with van der Waals surface area (Å²) in [6.45, 7) is 8.16. The third kappa shape index (κ3) is 4.09. The van der Waals surface area contributed by atoms with Gasteiger partial charge in [0.15, 0.2) is 5.16 Å². The molecule has 138 valence electrons. The van der Waals surface area contributed by atoms with E-state index >= 15 is 0 Å². The van der Waals surface area contributed by atoms with Gasteiger partial charge in [0.05, 0.1) is 11.4 Å². The molecule has 2 amide bonds. The SMILES string of the molecule is CC(=O)N1CCN(C(=O)CSc2nccn2-c2ccc(C)cc2C)CC1. The highest BCUT2D eigenvalue weighted by Gasteiger charge is 2.22. The molecule has 0 spiro atoms. The van der Waals surface area contributed by atoms with Crippen LogP contribution in [0.1, 0.15) is 18.1 Å². The molecule has 0 atom stereocenters. The number of rotatable bonds is 4. The van der Waals surface area contributed by atoms with Gasteiger partial charge in [0.1, 0.15) is 0 Å². The second kappa shape index (κ2) is 7.95. The lowest BCUT2D eigenvalue weighted by Crippen LogP contribution is -2.50. The van der Waals surface area contributed by atoms with Crippen molar-refractivity contribution in [2.24, 2.45) is 0 Å². The lowest BCUT2D eigenvalue weighted by molar-refractivity contribution is -0.136. The second-order valence-corrected chi connectivity index (χ2v) is 7.49. The summed E-state index contributed by atoms with van der Waals surface area (Å²) in [7, 11) is 0. The fourth-order valence-electron chi connectivity index (χ4n) is 3.14. The van der Waals surface area contributed by atoms with E-state index in [0.717, 1.165) is 10.8 Å². The molecule has 1 aromatic heterocycles. The molecule has 1 aliphatic rings. The number of imidazole rings is 1. The van der Waals surface area contributed by atoms with Crippen LogP contribution >= 0.6 is 11.8 Å². The van der Waals surface area contributed by atoms with Crippen LogP contribution in [0, 0.1) is 13.8 Å². The van der Waals surface area contributed by atoms with Gasteiger partial charge in [-0.25, -0.2) is 4.98 Å². The first-order chi connectivity index (χ1) is 12.5. The summed E-state index contributed by atoms with van der Waals surface area (Å²) >= 11 is 1.45. The van der Waals surface area contributed by atoms with Crippen molar-refractivity contribution in [1.82, 2.24) is 19.4 Å². The lowest BCUT2D eigenvalue weighted by Gasteiger charge is -2.34. The number of hydrogen-bond donors (Lipinski definition) is 0. The van der Waals surface area contributed by atoms with E-state index in [1.54, 1.807) is 18.0 Å². The standard InChI is InChI=1S/C19H24N4O2S/c1-14-4-5-17(15(2)12-14)23-7-6-20-19(23)26-13-18(25)22-10-8-21(9-11-22)16(3)24/h4-7,12H,8-11,13H2,1-3H3. The predicted octanol–water partition coefficient (Wildman–Crippen LogP) is 2.27. The van der Waals surface area contributed by atoms with E-state index < -0.39 is 0 Å². The Bertz CT molecular complexity index is 810. The minimum absolute atomic E-state index is 0.0713. The van der Waals surface area contributed by atoms with E-state index in [9.17, 15) is 9.59 Å². The molecule has 1 fully saturated rings. The molecule has 0 N–H and O–H groups in total.